The largest absolute Gasteiger partial charge is 0.481 e. The molecule has 206 valence electrons. The van der Waals surface area contributed by atoms with E-state index in [1.807, 2.05) is 0 Å². The summed E-state index contributed by atoms with van der Waals surface area (Å²) in [5, 5.41) is 9.49. The van der Waals surface area contributed by atoms with E-state index < -0.39 is 52.4 Å². The first-order valence-electron chi connectivity index (χ1n) is 11.9. The second-order valence-corrected chi connectivity index (χ2v) is 17.7. The van der Waals surface area contributed by atoms with Crippen LogP contribution < -0.4 is 0 Å². The zero-order valence-electron chi connectivity index (χ0n) is 22.9. The standard InChI is InChI=1S/C23H45O10PSi/c1-15(17(24)14-34(27,30-7)31-8)11-16-12-20(28-5)32-21(16)22(29-6)18(13-19(25)26)33-35(9,10)23(2,3)4/h15-16,18,20-22H,11-14H2,1-10H3,(H,25,26)/t15-,16-,18-,20?,21+,22+/m1/s1. The SMILES string of the molecule is COC1C[C@@H](C[C@@H](C)C(=O)CP(=O)(OC)OC)[C@@H]([C@@H](OC)[C@@H](CC(=O)O)O[Si](C)(C)C(C)(C)C)O1. The first-order chi connectivity index (χ1) is 16.0. The molecule has 35 heavy (non-hydrogen) atoms. The molecule has 0 saturated carbocycles. The molecule has 1 heterocycles. The van der Waals surface area contributed by atoms with Gasteiger partial charge >= 0.3 is 13.6 Å². The van der Waals surface area contributed by atoms with E-state index in [0.717, 1.165) is 0 Å². The second kappa shape index (κ2) is 13.2. The third-order valence-corrected chi connectivity index (χ3v) is 13.5. The van der Waals surface area contributed by atoms with Crippen LogP contribution in [0.5, 0.6) is 0 Å². The van der Waals surface area contributed by atoms with E-state index in [0.29, 0.717) is 12.8 Å². The number of Topliss-reactive ketones (excluding diaryl/α,β-unsaturated/α-hetero) is 1. The lowest BCUT2D eigenvalue weighted by Crippen LogP contribution is -2.52. The topological polar surface area (TPSA) is 127 Å². The fourth-order valence-corrected chi connectivity index (χ4v) is 6.47. The molecule has 1 saturated heterocycles. The van der Waals surface area contributed by atoms with Gasteiger partial charge in [-0.25, -0.2) is 0 Å². The Labute approximate surface area is 211 Å². The molecule has 0 aromatic carbocycles. The van der Waals surface area contributed by atoms with E-state index in [4.69, 9.17) is 27.7 Å². The van der Waals surface area contributed by atoms with E-state index in [1.165, 1.54) is 28.4 Å². The second-order valence-electron chi connectivity index (χ2n) is 10.7. The van der Waals surface area contributed by atoms with Crippen molar-refractivity contribution in [1.82, 2.24) is 0 Å². The Morgan fingerprint density at radius 1 is 1.14 bits per heavy atom. The van der Waals surface area contributed by atoms with Gasteiger partial charge in [-0.1, -0.05) is 27.7 Å². The number of aliphatic carboxylic acids is 1. The highest BCUT2D eigenvalue weighted by molar-refractivity contribution is 7.54. The van der Waals surface area contributed by atoms with Gasteiger partial charge < -0.3 is 32.8 Å². The predicted octanol–water partition coefficient (Wildman–Crippen LogP) is 4.33. The molecule has 10 nitrogen and oxygen atoms in total. The molecule has 6 atom stereocenters. The lowest BCUT2D eigenvalue weighted by molar-refractivity contribution is -0.168. The lowest BCUT2D eigenvalue weighted by atomic mass is 9.85. The van der Waals surface area contributed by atoms with Crippen molar-refractivity contribution in [3.05, 3.63) is 0 Å². The highest BCUT2D eigenvalue weighted by atomic mass is 31.2. The molecular weight excluding hydrogens is 495 g/mol. The third-order valence-electron chi connectivity index (χ3n) is 7.23. The van der Waals surface area contributed by atoms with Crippen molar-refractivity contribution >= 4 is 27.7 Å². The average Bonchev–Trinajstić information content (AvgIpc) is 3.15. The van der Waals surface area contributed by atoms with Crippen LogP contribution in [0.3, 0.4) is 0 Å². The minimum Gasteiger partial charge on any atom is -0.481 e. The number of carboxylic acid groups (broad SMARTS) is 1. The molecule has 12 heteroatoms. The zero-order valence-corrected chi connectivity index (χ0v) is 24.8. The van der Waals surface area contributed by atoms with Gasteiger partial charge in [-0.05, 0) is 30.5 Å². The molecule has 1 fully saturated rings. The highest BCUT2D eigenvalue weighted by Crippen LogP contribution is 2.47. The summed E-state index contributed by atoms with van der Waals surface area (Å²) in [6, 6.07) is 0. The monoisotopic (exact) mass is 540 g/mol. The van der Waals surface area contributed by atoms with Gasteiger partial charge in [0.1, 0.15) is 18.0 Å². The van der Waals surface area contributed by atoms with Gasteiger partial charge in [0.25, 0.3) is 0 Å². The van der Waals surface area contributed by atoms with Gasteiger partial charge in [-0.2, -0.15) is 0 Å². The maximum Gasteiger partial charge on any atom is 0.337 e. The van der Waals surface area contributed by atoms with Gasteiger partial charge in [0.15, 0.2) is 14.6 Å². The summed E-state index contributed by atoms with van der Waals surface area (Å²) < 4.78 is 46.2. The van der Waals surface area contributed by atoms with Crippen molar-refractivity contribution in [2.45, 2.75) is 89.7 Å². The molecule has 0 aromatic heterocycles. The molecule has 0 aliphatic carbocycles. The number of carbonyl (C=O) groups excluding carboxylic acids is 1. The van der Waals surface area contributed by atoms with Gasteiger partial charge in [0, 0.05) is 40.8 Å². The maximum atomic E-state index is 12.8. The van der Waals surface area contributed by atoms with Crippen LogP contribution in [0.15, 0.2) is 0 Å². The number of ether oxygens (including phenoxy) is 3. The summed E-state index contributed by atoms with van der Waals surface area (Å²) in [5.74, 6) is -1.87. The predicted molar refractivity (Wildman–Crippen MR) is 134 cm³/mol. The van der Waals surface area contributed by atoms with Gasteiger partial charge in [0.05, 0.1) is 18.6 Å². The van der Waals surface area contributed by atoms with E-state index in [1.54, 1.807) is 6.92 Å². The van der Waals surface area contributed by atoms with Gasteiger partial charge in [0.2, 0.25) is 0 Å². The van der Waals surface area contributed by atoms with Gasteiger partial charge in [-0.3, -0.25) is 14.2 Å². The Bertz CT molecular complexity index is 745. The fourth-order valence-electron chi connectivity index (χ4n) is 4.04. The van der Waals surface area contributed by atoms with Crippen LogP contribution in [-0.4, -0.2) is 84.4 Å². The number of carbonyl (C=O) groups is 2. The van der Waals surface area contributed by atoms with E-state index in [2.05, 4.69) is 33.9 Å². The van der Waals surface area contributed by atoms with Crippen molar-refractivity contribution in [2.75, 3.05) is 34.6 Å². The average molecular weight is 541 g/mol. The highest BCUT2D eigenvalue weighted by Gasteiger charge is 2.48. The summed E-state index contributed by atoms with van der Waals surface area (Å²) in [6.45, 7) is 12.1. The van der Waals surface area contributed by atoms with Crippen LogP contribution in [-0.2, 0) is 41.8 Å². The molecule has 0 amide bonds. The number of methoxy groups -OCH3 is 2. The van der Waals surface area contributed by atoms with Crippen molar-refractivity contribution < 1.29 is 46.9 Å². The lowest BCUT2D eigenvalue weighted by Gasteiger charge is -2.42. The van der Waals surface area contributed by atoms with Crippen LogP contribution in [0.25, 0.3) is 0 Å². The number of carboxylic acids is 1. The normalized spacial score (nSPS) is 24.2. The number of hydrogen-bond donors (Lipinski definition) is 1. The van der Waals surface area contributed by atoms with Crippen molar-refractivity contribution in [2.24, 2.45) is 11.8 Å². The number of rotatable bonds is 15. The summed E-state index contributed by atoms with van der Waals surface area (Å²) in [6.07, 6.45) is -2.14. The first-order valence-corrected chi connectivity index (χ1v) is 16.5. The Kier molecular flexibility index (Phi) is 12.2. The van der Waals surface area contributed by atoms with Crippen molar-refractivity contribution in [1.29, 1.82) is 0 Å². The van der Waals surface area contributed by atoms with Crippen molar-refractivity contribution in [3.63, 3.8) is 0 Å². The van der Waals surface area contributed by atoms with Crippen LogP contribution in [0, 0.1) is 11.8 Å². The molecule has 1 unspecified atom stereocenters. The molecule has 0 bridgehead atoms. The number of ketones is 1. The Morgan fingerprint density at radius 2 is 1.71 bits per heavy atom. The number of hydrogen-bond acceptors (Lipinski definition) is 9. The van der Waals surface area contributed by atoms with Crippen LogP contribution in [0.2, 0.25) is 18.1 Å². The minimum absolute atomic E-state index is 0.134. The molecular formula is C23H45O10PSi. The summed E-state index contributed by atoms with van der Waals surface area (Å²) >= 11 is 0. The molecule has 1 aliphatic heterocycles. The molecule has 1 N–H and O–H groups in total. The van der Waals surface area contributed by atoms with Crippen molar-refractivity contribution in [3.8, 4) is 0 Å². The summed E-state index contributed by atoms with van der Waals surface area (Å²) in [5.41, 5.74) is 0. The van der Waals surface area contributed by atoms with Crippen LogP contribution >= 0.6 is 7.60 Å². The molecule has 0 radical (unpaired) electrons. The Hall–Kier alpha value is -0.653. The Balaban J connectivity index is 3.18. The van der Waals surface area contributed by atoms with E-state index >= 15 is 0 Å². The summed E-state index contributed by atoms with van der Waals surface area (Å²) in [7, 11) is -0.268. The van der Waals surface area contributed by atoms with Crippen LogP contribution in [0.4, 0.5) is 0 Å². The molecule has 1 aliphatic rings. The first kappa shape index (κ1) is 32.4. The van der Waals surface area contributed by atoms with Crippen LogP contribution in [0.1, 0.15) is 47.0 Å². The fraction of sp³-hybridized carbons (Fsp3) is 0.913. The van der Waals surface area contributed by atoms with Gasteiger partial charge in [-0.15, -0.1) is 0 Å². The third kappa shape index (κ3) is 9.00. The molecule has 0 spiro atoms. The quantitative estimate of drug-likeness (QED) is 0.237. The minimum atomic E-state index is -3.48. The van der Waals surface area contributed by atoms with E-state index in [9.17, 15) is 19.3 Å². The smallest absolute Gasteiger partial charge is 0.337 e. The molecule has 0 aromatic rings. The summed E-state index contributed by atoms with van der Waals surface area (Å²) in [4.78, 5) is 24.6. The molecule has 1 rings (SSSR count). The zero-order chi connectivity index (χ0) is 27.2. The van der Waals surface area contributed by atoms with E-state index in [-0.39, 0.29) is 29.3 Å². The maximum absolute atomic E-state index is 12.8. The Morgan fingerprint density at radius 3 is 2.14 bits per heavy atom.